The minimum atomic E-state index is -0.534. The van der Waals surface area contributed by atoms with Crippen molar-refractivity contribution in [2.45, 2.75) is 46.4 Å². The fraction of sp³-hybridized carbons (Fsp3) is 0.333. The molecule has 2 aromatic carbocycles. The Balaban J connectivity index is 1.70. The van der Waals surface area contributed by atoms with Gasteiger partial charge in [0.1, 0.15) is 13.4 Å². The summed E-state index contributed by atoms with van der Waals surface area (Å²) in [5, 5.41) is 2.88. The largest absolute Gasteiger partial charge is 0.444 e. The van der Waals surface area contributed by atoms with E-state index in [0.29, 0.717) is 29.8 Å². The second kappa shape index (κ2) is 7.10. The van der Waals surface area contributed by atoms with Gasteiger partial charge in [-0.15, -0.1) is 0 Å². The highest BCUT2D eigenvalue weighted by molar-refractivity contribution is 6.33. The minimum Gasteiger partial charge on any atom is -0.444 e. The molecule has 6 heteroatoms. The third-order valence-corrected chi connectivity index (χ3v) is 4.37. The molecular weight excluding hydrogens is 339 g/mol. The van der Waals surface area contributed by atoms with E-state index in [4.69, 9.17) is 12.6 Å². The van der Waals surface area contributed by atoms with E-state index in [0.717, 1.165) is 16.7 Å². The molecule has 2 aromatic rings. The summed E-state index contributed by atoms with van der Waals surface area (Å²) in [4.78, 5) is 26.5. The lowest BCUT2D eigenvalue weighted by molar-refractivity contribution is 0.0242. The molecule has 1 aliphatic heterocycles. The molecule has 27 heavy (non-hydrogen) atoms. The predicted octanol–water partition coefficient (Wildman–Crippen LogP) is 3.29. The zero-order chi connectivity index (χ0) is 19.8. The molecule has 0 aromatic heterocycles. The molecule has 1 N–H and O–H groups in total. The Labute approximate surface area is 161 Å². The number of nitrogens with zero attached hydrogens (tertiary/aromatic N) is 1. The molecule has 2 amide bonds. The van der Waals surface area contributed by atoms with Crippen LogP contribution >= 0.6 is 0 Å². The van der Waals surface area contributed by atoms with Crippen LogP contribution in [0.5, 0.6) is 0 Å². The van der Waals surface area contributed by atoms with Crippen molar-refractivity contribution in [1.82, 2.24) is 4.90 Å². The lowest BCUT2D eigenvalue weighted by Crippen LogP contribution is -2.33. The highest BCUT2D eigenvalue weighted by Crippen LogP contribution is 2.26. The monoisotopic (exact) mass is 362 g/mol. The topological polar surface area (TPSA) is 58.6 Å². The molecule has 0 aliphatic carbocycles. The van der Waals surface area contributed by atoms with Gasteiger partial charge in [0.2, 0.25) is 0 Å². The van der Waals surface area contributed by atoms with E-state index in [1.165, 1.54) is 0 Å². The molecule has 0 bridgehead atoms. The number of carbonyl (C=O) groups is 2. The Kier molecular flexibility index (Phi) is 5.00. The molecule has 3 rings (SSSR count). The Morgan fingerprint density at radius 2 is 1.78 bits per heavy atom. The third kappa shape index (κ3) is 4.51. The van der Waals surface area contributed by atoms with Gasteiger partial charge in [0.15, 0.2) is 0 Å². The molecule has 0 atom stereocenters. The van der Waals surface area contributed by atoms with Crippen molar-refractivity contribution >= 4 is 31.0 Å². The lowest BCUT2D eigenvalue weighted by atomic mass is 9.91. The summed E-state index contributed by atoms with van der Waals surface area (Å²) < 4.78 is 5.43. The third-order valence-electron chi connectivity index (χ3n) is 4.37. The maximum absolute atomic E-state index is 12.6. The van der Waals surface area contributed by atoms with Crippen LogP contribution in [0.2, 0.25) is 0 Å². The second-order valence-corrected chi connectivity index (χ2v) is 7.85. The normalized spacial score (nSPS) is 13.3. The molecule has 1 heterocycles. The number of fused-ring (bicyclic) bond motifs is 1. The van der Waals surface area contributed by atoms with Gasteiger partial charge in [-0.25, -0.2) is 4.79 Å². The zero-order valence-electron chi connectivity index (χ0n) is 16.1. The number of aryl methyl sites for hydroxylation is 1. The molecular formula is C21H23BN2O3. The average Bonchev–Trinajstić information content (AvgIpc) is 3.00. The predicted molar refractivity (Wildman–Crippen MR) is 106 cm³/mol. The van der Waals surface area contributed by atoms with Crippen molar-refractivity contribution in [2.24, 2.45) is 0 Å². The van der Waals surface area contributed by atoms with E-state index in [2.05, 4.69) is 5.32 Å². The van der Waals surface area contributed by atoms with E-state index in [1.807, 2.05) is 45.9 Å². The first-order valence-corrected chi connectivity index (χ1v) is 8.89. The number of anilines is 1. The summed E-state index contributed by atoms with van der Waals surface area (Å²) in [6.45, 7) is 8.35. The van der Waals surface area contributed by atoms with Gasteiger partial charge in [-0.2, -0.15) is 0 Å². The molecule has 0 unspecified atom stereocenters. The van der Waals surface area contributed by atoms with Crippen LogP contribution in [0, 0.1) is 6.92 Å². The van der Waals surface area contributed by atoms with Gasteiger partial charge in [-0.05, 0) is 63.1 Å². The average molecular weight is 362 g/mol. The van der Waals surface area contributed by atoms with E-state index >= 15 is 0 Å². The first-order valence-electron chi connectivity index (χ1n) is 8.89. The quantitative estimate of drug-likeness (QED) is 0.834. The molecule has 138 valence electrons. The van der Waals surface area contributed by atoms with E-state index in [1.54, 1.807) is 23.1 Å². The van der Waals surface area contributed by atoms with Gasteiger partial charge >= 0.3 is 6.09 Å². The van der Waals surface area contributed by atoms with Gasteiger partial charge in [0.05, 0.1) is 0 Å². The smallest absolute Gasteiger partial charge is 0.410 e. The number of nitrogens with one attached hydrogen (secondary N) is 1. The summed E-state index contributed by atoms with van der Waals surface area (Å²) in [5.41, 5.74) is 4.30. The van der Waals surface area contributed by atoms with Crippen LogP contribution in [-0.2, 0) is 17.8 Å². The van der Waals surface area contributed by atoms with Gasteiger partial charge in [0, 0.05) is 24.3 Å². The van der Waals surface area contributed by atoms with Gasteiger partial charge in [-0.3, -0.25) is 9.69 Å². The van der Waals surface area contributed by atoms with Crippen molar-refractivity contribution in [2.75, 3.05) is 5.32 Å². The van der Waals surface area contributed by atoms with E-state index in [9.17, 15) is 9.59 Å². The summed E-state index contributed by atoms with van der Waals surface area (Å²) >= 11 is 0. The Morgan fingerprint density at radius 1 is 1.07 bits per heavy atom. The maximum atomic E-state index is 12.6. The first kappa shape index (κ1) is 19.0. The van der Waals surface area contributed by atoms with Crippen LogP contribution in [0.25, 0.3) is 0 Å². The number of rotatable bonds is 2. The number of carbonyl (C=O) groups excluding carboxylic acids is 2. The fourth-order valence-electron chi connectivity index (χ4n) is 2.95. The van der Waals surface area contributed by atoms with Crippen LogP contribution in [-0.4, -0.2) is 30.3 Å². The molecule has 0 fully saturated rings. The fourth-order valence-corrected chi connectivity index (χ4v) is 2.95. The van der Waals surface area contributed by atoms with Crippen molar-refractivity contribution in [3.05, 3.63) is 58.7 Å². The number of hydrogen-bond acceptors (Lipinski definition) is 3. The Morgan fingerprint density at radius 3 is 2.44 bits per heavy atom. The lowest BCUT2D eigenvalue weighted by Gasteiger charge is -2.24. The summed E-state index contributed by atoms with van der Waals surface area (Å²) in [5.74, 6) is -0.197. The Bertz CT molecular complexity index is 903. The van der Waals surface area contributed by atoms with E-state index < -0.39 is 5.60 Å². The summed E-state index contributed by atoms with van der Waals surface area (Å²) in [6, 6.07) is 10.9. The van der Waals surface area contributed by atoms with Crippen LogP contribution < -0.4 is 10.8 Å². The number of benzene rings is 2. The van der Waals surface area contributed by atoms with Gasteiger partial charge < -0.3 is 10.1 Å². The van der Waals surface area contributed by atoms with Crippen LogP contribution in [0.15, 0.2) is 36.4 Å². The van der Waals surface area contributed by atoms with Gasteiger partial charge in [0.25, 0.3) is 5.91 Å². The number of amides is 2. The summed E-state index contributed by atoms with van der Waals surface area (Å²) in [6.07, 6.45) is -0.345. The van der Waals surface area contributed by atoms with Crippen molar-refractivity contribution < 1.29 is 14.3 Å². The van der Waals surface area contributed by atoms with Gasteiger partial charge in [-0.1, -0.05) is 23.2 Å². The molecule has 0 spiro atoms. The second-order valence-electron chi connectivity index (χ2n) is 7.85. The molecule has 0 saturated heterocycles. The molecule has 0 saturated carbocycles. The standard InChI is InChI=1S/C21H23BN2O3/c1-13-9-17(7-8-18(13)22)23-19(25)14-5-6-15-11-24(12-16(15)10-14)20(26)27-21(2,3)4/h5-10H,11-12H2,1-4H3,(H,23,25). The van der Waals surface area contributed by atoms with Crippen LogP contribution in [0.4, 0.5) is 10.5 Å². The zero-order valence-corrected chi connectivity index (χ0v) is 16.1. The number of hydrogen-bond donors (Lipinski definition) is 1. The minimum absolute atomic E-state index is 0.197. The SMILES string of the molecule is [B]c1ccc(NC(=O)c2ccc3c(c2)CN(C(=O)OC(C)(C)C)C3)cc1C. The highest BCUT2D eigenvalue weighted by Gasteiger charge is 2.28. The first-order chi connectivity index (χ1) is 12.6. The molecule has 1 aliphatic rings. The van der Waals surface area contributed by atoms with Crippen molar-refractivity contribution in [3.8, 4) is 0 Å². The van der Waals surface area contributed by atoms with Crippen LogP contribution in [0.3, 0.4) is 0 Å². The maximum Gasteiger partial charge on any atom is 0.410 e. The summed E-state index contributed by atoms with van der Waals surface area (Å²) in [7, 11) is 5.81. The Hall–Kier alpha value is -2.76. The van der Waals surface area contributed by atoms with Crippen molar-refractivity contribution in [1.29, 1.82) is 0 Å². The number of ether oxygens (including phenoxy) is 1. The van der Waals surface area contributed by atoms with Crippen LogP contribution in [0.1, 0.15) is 47.8 Å². The van der Waals surface area contributed by atoms with E-state index in [-0.39, 0.29) is 12.0 Å². The molecule has 5 nitrogen and oxygen atoms in total. The van der Waals surface area contributed by atoms with Crippen molar-refractivity contribution in [3.63, 3.8) is 0 Å². The molecule has 2 radical (unpaired) electrons. The highest BCUT2D eigenvalue weighted by atomic mass is 16.6.